The number of nitrogens with one attached hydrogen (secondary N) is 1. The van der Waals surface area contributed by atoms with Crippen LogP contribution >= 0.6 is 11.6 Å². The third-order valence-corrected chi connectivity index (χ3v) is 2.21. The summed E-state index contributed by atoms with van der Waals surface area (Å²) in [4.78, 5) is 17.8. The van der Waals surface area contributed by atoms with Gasteiger partial charge in [-0.3, -0.25) is 4.79 Å². The summed E-state index contributed by atoms with van der Waals surface area (Å²) in [6, 6.07) is 3.18. The van der Waals surface area contributed by atoms with Gasteiger partial charge in [-0.25, -0.2) is 4.98 Å². The van der Waals surface area contributed by atoms with Crippen LogP contribution < -0.4 is 10.3 Å². The van der Waals surface area contributed by atoms with Crippen LogP contribution in [0, 0.1) is 0 Å². The predicted octanol–water partition coefficient (Wildman–Crippen LogP) is 1.59. The highest BCUT2D eigenvalue weighted by molar-refractivity contribution is 6.32. The Kier molecular flexibility index (Phi) is 2.13. The van der Waals surface area contributed by atoms with E-state index in [-0.39, 0.29) is 5.56 Å². The van der Waals surface area contributed by atoms with Crippen LogP contribution in [0.2, 0.25) is 5.02 Å². The zero-order valence-electron chi connectivity index (χ0n) is 7.37. The van der Waals surface area contributed by atoms with Gasteiger partial charge in [0.1, 0.15) is 5.75 Å². The molecule has 0 amide bonds. The van der Waals surface area contributed by atoms with Crippen molar-refractivity contribution in [2.45, 2.75) is 0 Å². The monoisotopic (exact) mass is 210 g/mol. The minimum absolute atomic E-state index is 0.204. The zero-order chi connectivity index (χ0) is 10.1. The van der Waals surface area contributed by atoms with Crippen LogP contribution in [0.3, 0.4) is 0 Å². The van der Waals surface area contributed by atoms with E-state index >= 15 is 0 Å². The molecule has 0 aliphatic carbocycles. The maximum atomic E-state index is 11.4. The third-order valence-electron chi connectivity index (χ3n) is 1.91. The predicted molar refractivity (Wildman–Crippen MR) is 53.9 cm³/mol. The summed E-state index contributed by atoms with van der Waals surface area (Å²) in [6.07, 6.45) is 1.34. The molecule has 0 aliphatic heterocycles. The molecule has 1 heterocycles. The Labute approximate surface area is 84.5 Å². The largest absolute Gasteiger partial charge is 0.495 e. The standard InChI is InChI=1S/C9H7ClN2O2/c1-14-8-2-5-7(3-6(8)10)11-4-12-9(5)13/h2-4H,1H3,(H,11,12,13). The highest BCUT2D eigenvalue weighted by Gasteiger charge is 2.05. The quantitative estimate of drug-likeness (QED) is 0.778. The van der Waals surface area contributed by atoms with Crippen molar-refractivity contribution >= 4 is 22.5 Å². The molecule has 14 heavy (non-hydrogen) atoms. The molecule has 2 aromatic rings. The van der Waals surface area contributed by atoms with Gasteiger partial charge >= 0.3 is 0 Å². The van der Waals surface area contributed by atoms with Gasteiger partial charge in [0.25, 0.3) is 5.56 Å². The average molecular weight is 211 g/mol. The summed E-state index contributed by atoms with van der Waals surface area (Å²) in [5.41, 5.74) is 0.351. The molecule has 5 heteroatoms. The van der Waals surface area contributed by atoms with Gasteiger partial charge in [0.05, 0.1) is 29.4 Å². The molecule has 0 bridgehead atoms. The van der Waals surface area contributed by atoms with Crippen LogP contribution in [-0.4, -0.2) is 17.1 Å². The second-order valence-electron chi connectivity index (χ2n) is 2.74. The fourth-order valence-corrected chi connectivity index (χ4v) is 1.46. The van der Waals surface area contributed by atoms with Gasteiger partial charge in [0, 0.05) is 0 Å². The SMILES string of the molecule is COc1cc2c(=O)[nH]cnc2cc1Cl. The molecular weight excluding hydrogens is 204 g/mol. The van der Waals surface area contributed by atoms with Crippen molar-refractivity contribution in [3.63, 3.8) is 0 Å². The average Bonchev–Trinajstić information content (AvgIpc) is 2.17. The molecule has 0 spiro atoms. The van der Waals surface area contributed by atoms with Gasteiger partial charge in [0.15, 0.2) is 0 Å². The summed E-state index contributed by atoms with van der Waals surface area (Å²) in [5, 5.41) is 0.909. The Balaban J connectivity index is 2.87. The van der Waals surface area contributed by atoms with E-state index in [1.165, 1.54) is 13.4 Å². The van der Waals surface area contributed by atoms with Crippen LogP contribution in [0.1, 0.15) is 0 Å². The maximum absolute atomic E-state index is 11.4. The number of aromatic nitrogens is 2. The molecule has 1 aromatic carbocycles. The first kappa shape index (κ1) is 9.02. The van der Waals surface area contributed by atoms with Crippen LogP contribution in [-0.2, 0) is 0 Å². The van der Waals surface area contributed by atoms with E-state index in [0.717, 1.165) is 0 Å². The minimum atomic E-state index is -0.204. The lowest BCUT2D eigenvalue weighted by Crippen LogP contribution is -2.06. The zero-order valence-corrected chi connectivity index (χ0v) is 8.13. The van der Waals surface area contributed by atoms with Gasteiger partial charge in [0.2, 0.25) is 0 Å². The second kappa shape index (κ2) is 3.31. The maximum Gasteiger partial charge on any atom is 0.258 e. The summed E-state index contributed by atoms with van der Waals surface area (Å²) in [7, 11) is 1.50. The molecule has 2 rings (SSSR count). The van der Waals surface area contributed by atoms with Crippen molar-refractivity contribution in [1.29, 1.82) is 0 Å². The molecule has 0 atom stereocenters. The number of hydrogen-bond donors (Lipinski definition) is 1. The Morgan fingerprint density at radius 1 is 1.50 bits per heavy atom. The number of aromatic amines is 1. The number of ether oxygens (including phenoxy) is 1. The molecule has 0 unspecified atom stereocenters. The number of fused-ring (bicyclic) bond motifs is 1. The second-order valence-corrected chi connectivity index (χ2v) is 3.14. The fourth-order valence-electron chi connectivity index (χ4n) is 1.23. The normalized spacial score (nSPS) is 10.4. The van der Waals surface area contributed by atoms with Crippen molar-refractivity contribution < 1.29 is 4.74 Å². The van der Waals surface area contributed by atoms with Gasteiger partial charge in [-0.15, -0.1) is 0 Å². The summed E-state index contributed by atoms with van der Waals surface area (Å²) >= 11 is 5.88. The third kappa shape index (κ3) is 1.33. The van der Waals surface area contributed by atoms with Crippen molar-refractivity contribution in [3.05, 3.63) is 33.8 Å². The molecular formula is C9H7ClN2O2. The Bertz CT molecular complexity index is 536. The first-order valence-corrected chi connectivity index (χ1v) is 4.31. The van der Waals surface area contributed by atoms with E-state index in [1.54, 1.807) is 12.1 Å². The molecule has 0 saturated heterocycles. The summed E-state index contributed by atoms with van der Waals surface area (Å²) < 4.78 is 5.00. The number of nitrogens with zero attached hydrogens (tertiary/aromatic N) is 1. The number of benzene rings is 1. The van der Waals surface area contributed by atoms with E-state index in [2.05, 4.69) is 9.97 Å². The molecule has 4 nitrogen and oxygen atoms in total. The summed E-state index contributed by atoms with van der Waals surface area (Å²) in [6.45, 7) is 0. The lowest BCUT2D eigenvalue weighted by Gasteiger charge is -2.03. The van der Waals surface area contributed by atoms with Gasteiger partial charge in [-0.1, -0.05) is 11.6 Å². The Morgan fingerprint density at radius 3 is 3.00 bits per heavy atom. The van der Waals surface area contributed by atoms with Gasteiger partial charge in [-0.05, 0) is 12.1 Å². The molecule has 1 N–H and O–H groups in total. The highest BCUT2D eigenvalue weighted by Crippen LogP contribution is 2.26. The number of H-pyrrole nitrogens is 1. The van der Waals surface area contributed by atoms with Crippen molar-refractivity contribution in [3.8, 4) is 5.75 Å². The Morgan fingerprint density at radius 2 is 2.29 bits per heavy atom. The lowest BCUT2D eigenvalue weighted by atomic mass is 10.2. The number of methoxy groups -OCH3 is 1. The van der Waals surface area contributed by atoms with Crippen LogP contribution in [0.4, 0.5) is 0 Å². The van der Waals surface area contributed by atoms with Crippen LogP contribution in [0.15, 0.2) is 23.3 Å². The van der Waals surface area contributed by atoms with Crippen molar-refractivity contribution in [2.24, 2.45) is 0 Å². The highest BCUT2D eigenvalue weighted by atomic mass is 35.5. The van der Waals surface area contributed by atoms with Crippen LogP contribution in [0.5, 0.6) is 5.75 Å². The summed E-state index contributed by atoms with van der Waals surface area (Å²) in [5.74, 6) is 0.470. The number of halogens is 1. The van der Waals surface area contributed by atoms with E-state index < -0.39 is 0 Å². The number of rotatable bonds is 1. The van der Waals surface area contributed by atoms with Crippen molar-refractivity contribution in [1.82, 2.24) is 9.97 Å². The van der Waals surface area contributed by atoms with E-state index in [1.807, 2.05) is 0 Å². The molecule has 1 aromatic heterocycles. The van der Waals surface area contributed by atoms with Gasteiger partial charge in [-0.2, -0.15) is 0 Å². The fraction of sp³-hybridized carbons (Fsp3) is 0.111. The smallest absolute Gasteiger partial charge is 0.258 e. The first-order valence-electron chi connectivity index (χ1n) is 3.93. The lowest BCUT2D eigenvalue weighted by molar-refractivity contribution is 0.415. The topological polar surface area (TPSA) is 55.0 Å². The molecule has 0 fully saturated rings. The molecule has 0 aliphatic rings. The van der Waals surface area contributed by atoms with E-state index in [4.69, 9.17) is 16.3 Å². The van der Waals surface area contributed by atoms with E-state index in [0.29, 0.717) is 21.7 Å². The minimum Gasteiger partial charge on any atom is -0.495 e. The van der Waals surface area contributed by atoms with Crippen LogP contribution in [0.25, 0.3) is 10.9 Å². The molecule has 0 radical (unpaired) electrons. The Hall–Kier alpha value is -1.55. The van der Waals surface area contributed by atoms with Gasteiger partial charge < -0.3 is 9.72 Å². The molecule has 72 valence electrons. The first-order chi connectivity index (χ1) is 6.72. The molecule has 0 saturated carbocycles. The number of hydrogen-bond acceptors (Lipinski definition) is 3. The van der Waals surface area contributed by atoms with E-state index in [9.17, 15) is 4.79 Å². The van der Waals surface area contributed by atoms with Crippen molar-refractivity contribution in [2.75, 3.05) is 7.11 Å².